The summed E-state index contributed by atoms with van der Waals surface area (Å²) in [5.41, 5.74) is 1.13. The predicted octanol–water partition coefficient (Wildman–Crippen LogP) is 3.92. The summed E-state index contributed by atoms with van der Waals surface area (Å²) in [4.78, 5) is 0. The Morgan fingerprint density at radius 1 is 1.62 bits per heavy atom. The molecule has 0 heterocycles. The Morgan fingerprint density at radius 2 is 2.15 bits per heavy atom. The molecule has 74 valence electrons. The maximum absolute atomic E-state index is 9.15. The minimum absolute atomic E-state index is 0.189. The van der Waals surface area contributed by atoms with Gasteiger partial charge >= 0.3 is 0 Å². The largest absolute Gasteiger partial charge is 0.198 e. The van der Waals surface area contributed by atoms with Crippen molar-refractivity contribution in [2.45, 2.75) is 47.5 Å². The van der Waals surface area contributed by atoms with Gasteiger partial charge < -0.3 is 0 Å². The van der Waals surface area contributed by atoms with Crippen LogP contribution in [0, 0.1) is 22.7 Å². The summed E-state index contributed by atoms with van der Waals surface area (Å²) in [6, 6.07) is 2.45. The molecule has 2 atom stereocenters. The highest BCUT2D eigenvalue weighted by molar-refractivity contribution is 5.12. The van der Waals surface area contributed by atoms with Gasteiger partial charge in [0.15, 0.2) is 0 Å². The van der Waals surface area contributed by atoms with Gasteiger partial charge in [0, 0.05) is 0 Å². The zero-order chi connectivity index (χ0) is 10.5. The molecule has 0 aliphatic heterocycles. The molecule has 0 unspecified atom stereocenters. The van der Waals surface area contributed by atoms with Crippen LogP contribution in [0.1, 0.15) is 47.5 Å². The molecular formula is C12H21N. The third-order valence-corrected chi connectivity index (χ3v) is 3.12. The standard InChI is InChI=1S/C12H21N/c1-6-8-12(5,9-13)11(4)10(3)7-2/h7,11H,6,8H2,1-5H3/b10-7+/t11-,12+/m0/s1. The Hall–Kier alpha value is -0.770. The van der Waals surface area contributed by atoms with Crippen molar-refractivity contribution < 1.29 is 0 Å². The van der Waals surface area contributed by atoms with Crippen LogP contribution in [0.3, 0.4) is 0 Å². The lowest BCUT2D eigenvalue weighted by atomic mass is 9.73. The van der Waals surface area contributed by atoms with E-state index in [1.165, 1.54) is 5.57 Å². The summed E-state index contributed by atoms with van der Waals surface area (Å²) >= 11 is 0. The Morgan fingerprint density at radius 3 is 2.46 bits per heavy atom. The number of nitriles is 1. The van der Waals surface area contributed by atoms with Crippen molar-refractivity contribution in [1.29, 1.82) is 5.26 Å². The van der Waals surface area contributed by atoms with Gasteiger partial charge in [-0.3, -0.25) is 0 Å². The van der Waals surface area contributed by atoms with Gasteiger partial charge in [0.1, 0.15) is 0 Å². The number of nitrogens with zero attached hydrogens (tertiary/aromatic N) is 1. The first-order valence-electron chi connectivity index (χ1n) is 5.05. The number of hydrogen-bond acceptors (Lipinski definition) is 1. The lowest BCUT2D eigenvalue weighted by Crippen LogP contribution is -2.24. The maximum atomic E-state index is 9.15. The first-order chi connectivity index (χ1) is 6.01. The predicted molar refractivity (Wildman–Crippen MR) is 57.2 cm³/mol. The Labute approximate surface area is 82.5 Å². The van der Waals surface area contributed by atoms with Crippen LogP contribution in [0.25, 0.3) is 0 Å². The van der Waals surface area contributed by atoms with E-state index in [2.05, 4.69) is 39.8 Å². The molecule has 0 aromatic heterocycles. The van der Waals surface area contributed by atoms with E-state index in [9.17, 15) is 0 Å². The van der Waals surface area contributed by atoms with Gasteiger partial charge in [-0.1, -0.05) is 31.9 Å². The van der Waals surface area contributed by atoms with Crippen molar-refractivity contribution in [2.24, 2.45) is 11.3 Å². The number of hydrogen-bond donors (Lipinski definition) is 0. The van der Waals surface area contributed by atoms with E-state index in [4.69, 9.17) is 5.26 Å². The van der Waals surface area contributed by atoms with Crippen LogP contribution in [0.5, 0.6) is 0 Å². The lowest BCUT2D eigenvalue weighted by Gasteiger charge is -2.29. The first-order valence-corrected chi connectivity index (χ1v) is 5.05. The van der Waals surface area contributed by atoms with Gasteiger partial charge in [-0.2, -0.15) is 5.26 Å². The molecule has 0 fully saturated rings. The fraction of sp³-hybridized carbons (Fsp3) is 0.750. The molecule has 0 spiro atoms. The van der Waals surface area contributed by atoms with Gasteiger partial charge in [0.25, 0.3) is 0 Å². The summed E-state index contributed by atoms with van der Waals surface area (Å²) < 4.78 is 0. The molecular weight excluding hydrogens is 158 g/mol. The van der Waals surface area contributed by atoms with Gasteiger partial charge in [-0.25, -0.2) is 0 Å². The van der Waals surface area contributed by atoms with Crippen molar-refractivity contribution in [2.75, 3.05) is 0 Å². The van der Waals surface area contributed by atoms with Gasteiger partial charge in [0.2, 0.25) is 0 Å². The average Bonchev–Trinajstić information content (AvgIpc) is 2.15. The van der Waals surface area contributed by atoms with Crippen molar-refractivity contribution in [3.63, 3.8) is 0 Å². The van der Waals surface area contributed by atoms with Crippen molar-refractivity contribution in [3.05, 3.63) is 11.6 Å². The van der Waals surface area contributed by atoms with Crippen LogP contribution >= 0.6 is 0 Å². The van der Waals surface area contributed by atoms with Crippen LogP contribution in [0.2, 0.25) is 0 Å². The second kappa shape index (κ2) is 5.07. The third kappa shape index (κ3) is 2.88. The second-order valence-electron chi connectivity index (χ2n) is 4.03. The van der Waals surface area contributed by atoms with Crippen LogP contribution in [-0.4, -0.2) is 0 Å². The highest BCUT2D eigenvalue weighted by atomic mass is 14.4. The van der Waals surface area contributed by atoms with E-state index >= 15 is 0 Å². The van der Waals surface area contributed by atoms with Gasteiger partial charge in [-0.05, 0) is 33.1 Å². The fourth-order valence-corrected chi connectivity index (χ4v) is 1.64. The normalized spacial score (nSPS) is 18.9. The Kier molecular flexibility index (Phi) is 4.77. The number of allylic oxidation sites excluding steroid dienone is 2. The molecule has 0 amide bonds. The molecule has 0 aromatic carbocycles. The zero-order valence-corrected chi connectivity index (χ0v) is 9.52. The van der Waals surface area contributed by atoms with E-state index in [0.29, 0.717) is 5.92 Å². The summed E-state index contributed by atoms with van der Waals surface area (Å²) in [6.07, 6.45) is 4.16. The highest BCUT2D eigenvalue weighted by Crippen LogP contribution is 2.35. The molecule has 0 saturated heterocycles. The van der Waals surface area contributed by atoms with E-state index in [1.54, 1.807) is 0 Å². The fourth-order valence-electron chi connectivity index (χ4n) is 1.64. The molecule has 0 aromatic rings. The maximum Gasteiger partial charge on any atom is 0.0693 e. The van der Waals surface area contributed by atoms with Crippen LogP contribution < -0.4 is 0 Å². The van der Waals surface area contributed by atoms with E-state index in [-0.39, 0.29) is 5.41 Å². The number of rotatable bonds is 4. The molecule has 0 aliphatic rings. The van der Waals surface area contributed by atoms with Gasteiger partial charge in [-0.15, -0.1) is 0 Å². The molecule has 1 nitrogen and oxygen atoms in total. The zero-order valence-electron chi connectivity index (χ0n) is 9.52. The third-order valence-electron chi connectivity index (χ3n) is 3.12. The summed E-state index contributed by atoms with van der Waals surface area (Å²) in [5.74, 6) is 0.363. The minimum atomic E-state index is -0.189. The minimum Gasteiger partial charge on any atom is -0.198 e. The summed E-state index contributed by atoms with van der Waals surface area (Å²) in [6.45, 7) is 10.5. The molecule has 1 heteroatoms. The summed E-state index contributed by atoms with van der Waals surface area (Å²) in [7, 11) is 0. The van der Waals surface area contributed by atoms with Crippen molar-refractivity contribution in [1.82, 2.24) is 0 Å². The second-order valence-corrected chi connectivity index (χ2v) is 4.03. The van der Waals surface area contributed by atoms with Crippen LogP contribution in [0.15, 0.2) is 11.6 Å². The molecule has 13 heavy (non-hydrogen) atoms. The van der Waals surface area contributed by atoms with Crippen molar-refractivity contribution in [3.8, 4) is 6.07 Å². The van der Waals surface area contributed by atoms with E-state index in [0.717, 1.165) is 12.8 Å². The van der Waals surface area contributed by atoms with Crippen LogP contribution in [-0.2, 0) is 0 Å². The smallest absolute Gasteiger partial charge is 0.0693 e. The SMILES string of the molecule is C/C=C(\C)[C@H](C)[C@@](C)(C#N)CCC. The molecule has 0 aliphatic carbocycles. The molecule has 0 N–H and O–H groups in total. The van der Waals surface area contributed by atoms with E-state index in [1.807, 2.05) is 6.92 Å². The quantitative estimate of drug-likeness (QED) is 0.600. The topological polar surface area (TPSA) is 23.8 Å². The van der Waals surface area contributed by atoms with Gasteiger partial charge in [0.05, 0.1) is 11.5 Å². The first kappa shape index (κ1) is 12.2. The Bertz CT molecular complexity index is 222. The molecule has 0 rings (SSSR count). The molecule has 0 bridgehead atoms. The average molecular weight is 179 g/mol. The highest BCUT2D eigenvalue weighted by Gasteiger charge is 2.30. The monoisotopic (exact) mass is 179 g/mol. The Balaban J connectivity index is 4.68. The molecule has 0 radical (unpaired) electrons. The van der Waals surface area contributed by atoms with Crippen molar-refractivity contribution >= 4 is 0 Å². The lowest BCUT2D eigenvalue weighted by molar-refractivity contribution is 0.299. The molecule has 0 saturated carbocycles. The van der Waals surface area contributed by atoms with E-state index < -0.39 is 0 Å². The summed E-state index contributed by atoms with van der Waals surface area (Å²) in [5, 5.41) is 9.15. The van der Waals surface area contributed by atoms with Crippen LogP contribution in [0.4, 0.5) is 0 Å².